The lowest BCUT2D eigenvalue weighted by molar-refractivity contribution is 0.0997. The topological polar surface area (TPSA) is 47.3 Å². The van der Waals surface area contributed by atoms with Crippen molar-refractivity contribution in [2.75, 3.05) is 17.7 Å². The summed E-state index contributed by atoms with van der Waals surface area (Å²) >= 11 is 3.15. The van der Waals surface area contributed by atoms with E-state index in [4.69, 9.17) is 10.5 Å². The number of benzene rings is 1. The number of rotatable bonds is 3. The molecule has 1 aromatic rings. The molecule has 2 rings (SSSR count). The van der Waals surface area contributed by atoms with Gasteiger partial charge in [0.05, 0.1) is 22.0 Å². The molecule has 0 aromatic heterocycles. The van der Waals surface area contributed by atoms with Gasteiger partial charge in [0.2, 0.25) is 0 Å². The van der Waals surface area contributed by atoms with Gasteiger partial charge in [-0.1, -0.05) is 0 Å². The van der Waals surface area contributed by atoms with Crippen LogP contribution < -0.4 is 11.1 Å². The van der Waals surface area contributed by atoms with Gasteiger partial charge in [0.15, 0.2) is 0 Å². The van der Waals surface area contributed by atoms with Crippen molar-refractivity contribution < 1.29 is 9.13 Å². The first kappa shape index (κ1) is 12.6. The maximum absolute atomic E-state index is 13.2. The average Bonchev–Trinajstić information content (AvgIpc) is 2.79. The van der Waals surface area contributed by atoms with E-state index < -0.39 is 0 Å². The van der Waals surface area contributed by atoms with Crippen molar-refractivity contribution in [3.63, 3.8) is 0 Å². The molecule has 0 spiro atoms. The quantitative estimate of drug-likeness (QED) is 0.843. The Labute approximate surface area is 109 Å². The Morgan fingerprint density at radius 1 is 1.59 bits per heavy atom. The lowest BCUT2D eigenvalue weighted by atomic mass is 10.1. The number of hydrogen-bond acceptors (Lipinski definition) is 3. The Bertz CT molecular complexity index is 408. The molecule has 1 aliphatic rings. The van der Waals surface area contributed by atoms with E-state index in [9.17, 15) is 4.39 Å². The second-order valence-electron chi connectivity index (χ2n) is 4.34. The Morgan fingerprint density at radius 3 is 3.00 bits per heavy atom. The minimum Gasteiger partial charge on any atom is -0.397 e. The number of anilines is 2. The molecule has 0 amide bonds. The first-order valence-electron chi connectivity index (χ1n) is 5.70. The molecule has 2 atom stereocenters. The third-order valence-corrected chi connectivity index (χ3v) is 3.61. The molecule has 0 saturated carbocycles. The van der Waals surface area contributed by atoms with Crippen molar-refractivity contribution in [2.45, 2.75) is 31.9 Å². The smallest absolute Gasteiger partial charge is 0.139 e. The Hall–Kier alpha value is -0.810. The fourth-order valence-corrected chi connectivity index (χ4v) is 2.37. The van der Waals surface area contributed by atoms with Crippen LogP contribution in [0, 0.1) is 5.82 Å². The minimum absolute atomic E-state index is 0.164. The highest BCUT2D eigenvalue weighted by atomic mass is 79.9. The lowest BCUT2D eigenvalue weighted by Gasteiger charge is -2.22. The van der Waals surface area contributed by atoms with Gasteiger partial charge in [-0.3, -0.25) is 0 Å². The van der Waals surface area contributed by atoms with Crippen LogP contribution in [0.15, 0.2) is 16.6 Å². The van der Waals surface area contributed by atoms with Gasteiger partial charge in [-0.2, -0.15) is 0 Å². The van der Waals surface area contributed by atoms with Crippen molar-refractivity contribution in [3.05, 3.63) is 22.4 Å². The van der Waals surface area contributed by atoms with Crippen molar-refractivity contribution in [1.82, 2.24) is 0 Å². The Morgan fingerprint density at radius 2 is 2.35 bits per heavy atom. The zero-order valence-corrected chi connectivity index (χ0v) is 11.3. The van der Waals surface area contributed by atoms with Gasteiger partial charge in [-0.25, -0.2) is 4.39 Å². The summed E-state index contributed by atoms with van der Waals surface area (Å²) < 4.78 is 19.2. The predicted octanol–water partition coefficient (Wildman–Crippen LogP) is 3.15. The Kier molecular flexibility index (Phi) is 3.89. The van der Waals surface area contributed by atoms with Crippen LogP contribution in [0.1, 0.15) is 19.8 Å². The standard InChI is InChI=1S/C12H16BrFN2O/c1-7(12-3-2-4-17-12)16-11-5-8(13)9(14)6-10(11)15/h5-7,12,16H,2-4,15H2,1H3. The maximum Gasteiger partial charge on any atom is 0.139 e. The van der Waals surface area contributed by atoms with E-state index in [0.29, 0.717) is 10.2 Å². The minimum atomic E-state index is -0.349. The van der Waals surface area contributed by atoms with Gasteiger partial charge in [-0.05, 0) is 41.8 Å². The molecule has 1 aromatic carbocycles. The predicted molar refractivity (Wildman–Crippen MR) is 70.6 cm³/mol. The summed E-state index contributed by atoms with van der Waals surface area (Å²) in [7, 11) is 0. The van der Waals surface area contributed by atoms with Gasteiger partial charge in [0.1, 0.15) is 5.82 Å². The molecule has 3 N–H and O–H groups in total. The van der Waals surface area contributed by atoms with E-state index in [1.54, 1.807) is 6.07 Å². The first-order chi connectivity index (χ1) is 8.08. The van der Waals surface area contributed by atoms with Crippen LogP contribution in [0.4, 0.5) is 15.8 Å². The van der Waals surface area contributed by atoms with Crippen molar-refractivity contribution in [3.8, 4) is 0 Å². The molecule has 5 heteroatoms. The maximum atomic E-state index is 13.2. The first-order valence-corrected chi connectivity index (χ1v) is 6.50. The van der Waals surface area contributed by atoms with Gasteiger partial charge in [-0.15, -0.1) is 0 Å². The third kappa shape index (κ3) is 2.90. The number of hydrogen-bond donors (Lipinski definition) is 2. The molecular weight excluding hydrogens is 287 g/mol. The summed E-state index contributed by atoms with van der Waals surface area (Å²) in [5, 5.41) is 3.27. The summed E-state index contributed by atoms with van der Waals surface area (Å²) in [6.45, 7) is 2.87. The van der Waals surface area contributed by atoms with E-state index in [1.165, 1.54) is 6.07 Å². The summed E-state index contributed by atoms with van der Waals surface area (Å²) in [4.78, 5) is 0. The van der Waals surface area contributed by atoms with E-state index in [1.807, 2.05) is 6.92 Å². The second kappa shape index (κ2) is 5.23. The van der Waals surface area contributed by atoms with E-state index in [-0.39, 0.29) is 18.0 Å². The van der Waals surface area contributed by atoms with Crippen LogP contribution in [0.5, 0.6) is 0 Å². The zero-order valence-electron chi connectivity index (χ0n) is 9.67. The average molecular weight is 303 g/mol. The van der Waals surface area contributed by atoms with Crippen molar-refractivity contribution in [1.29, 1.82) is 0 Å². The molecule has 94 valence electrons. The van der Waals surface area contributed by atoms with E-state index in [0.717, 1.165) is 25.1 Å². The van der Waals surface area contributed by atoms with Gasteiger partial charge in [0.25, 0.3) is 0 Å². The van der Waals surface area contributed by atoms with Gasteiger partial charge < -0.3 is 15.8 Å². The van der Waals surface area contributed by atoms with Crippen LogP contribution in [-0.4, -0.2) is 18.8 Å². The summed E-state index contributed by atoms with van der Waals surface area (Å²) in [5.41, 5.74) is 6.92. The molecule has 1 saturated heterocycles. The monoisotopic (exact) mass is 302 g/mol. The SMILES string of the molecule is CC(Nc1cc(Br)c(F)cc1N)C1CCCO1. The lowest BCUT2D eigenvalue weighted by Crippen LogP contribution is -2.30. The Balaban J connectivity index is 2.09. The molecule has 1 aliphatic heterocycles. The molecule has 17 heavy (non-hydrogen) atoms. The molecule has 0 aliphatic carbocycles. The van der Waals surface area contributed by atoms with Crippen LogP contribution in [-0.2, 0) is 4.74 Å². The van der Waals surface area contributed by atoms with E-state index in [2.05, 4.69) is 21.2 Å². The van der Waals surface area contributed by atoms with Gasteiger partial charge in [0, 0.05) is 18.7 Å². The number of ether oxygens (including phenoxy) is 1. The van der Waals surface area contributed by atoms with Crippen LogP contribution in [0.2, 0.25) is 0 Å². The molecular formula is C12H16BrFN2O. The molecule has 1 fully saturated rings. The van der Waals surface area contributed by atoms with Crippen molar-refractivity contribution >= 4 is 27.3 Å². The molecule has 0 bridgehead atoms. The number of halogens is 2. The number of nitrogens with two attached hydrogens (primary N) is 1. The summed E-state index contributed by atoms with van der Waals surface area (Å²) in [5.74, 6) is -0.349. The van der Waals surface area contributed by atoms with Gasteiger partial charge >= 0.3 is 0 Å². The second-order valence-corrected chi connectivity index (χ2v) is 5.19. The highest BCUT2D eigenvalue weighted by Gasteiger charge is 2.22. The van der Waals surface area contributed by atoms with E-state index >= 15 is 0 Å². The molecule has 3 nitrogen and oxygen atoms in total. The van der Waals surface area contributed by atoms with Crippen LogP contribution in [0.25, 0.3) is 0 Å². The van der Waals surface area contributed by atoms with Crippen LogP contribution >= 0.6 is 15.9 Å². The highest BCUT2D eigenvalue weighted by molar-refractivity contribution is 9.10. The molecule has 1 heterocycles. The summed E-state index contributed by atoms with van der Waals surface area (Å²) in [6, 6.07) is 3.14. The largest absolute Gasteiger partial charge is 0.397 e. The van der Waals surface area contributed by atoms with Crippen LogP contribution in [0.3, 0.4) is 0 Å². The fourth-order valence-electron chi connectivity index (χ4n) is 2.02. The fraction of sp³-hybridized carbons (Fsp3) is 0.500. The highest BCUT2D eigenvalue weighted by Crippen LogP contribution is 2.28. The van der Waals surface area contributed by atoms with Crippen molar-refractivity contribution in [2.24, 2.45) is 0 Å². The zero-order chi connectivity index (χ0) is 12.4. The molecule has 0 radical (unpaired) electrons. The number of nitrogens with one attached hydrogen (secondary N) is 1. The third-order valence-electron chi connectivity index (χ3n) is 3.00. The molecule has 2 unspecified atom stereocenters. The number of nitrogen functional groups attached to an aromatic ring is 1. The normalized spacial score (nSPS) is 21.5. The summed E-state index contributed by atoms with van der Waals surface area (Å²) in [6.07, 6.45) is 2.36.